The van der Waals surface area contributed by atoms with Crippen LogP contribution in [0.15, 0.2) is 24.3 Å². The van der Waals surface area contributed by atoms with E-state index in [1.54, 1.807) is 12.1 Å². The van der Waals surface area contributed by atoms with E-state index in [1.807, 2.05) is 17.0 Å². The smallest absolute Gasteiger partial charge is 0.323 e. The highest BCUT2D eigenvalue weighted by Crippen LogP contribution is 2.21. The maximum atomic E-state index is 10.9. The third-order valence-corrected chi connectivity index (χ3v) is 3.27. The van der Waals surface area contributed by atoms with Gasteiger partial charge in [-0.2, -0.15) is 0 Å². The predicted octanol–water partition coefficient (Wildman–Crippen LogP) is 2.27. The maximum Gasteiger partial charge on any atom is 0.323 e. The molecule has 4 nitrogen and oxygen atoms in total. The van der Waals surface area contributed by atoms with Gasteiger partial charge in [0.1, 0.15) is 6.54 Å². The molecule has 1 saturated heterocycles. The van der Waals surface area contributed by atoms with Crippen LogP contribution in [-0.4, -0.2) is 37.4 Å². The second-order valence-electron chi connectivity index (χ2n) is 4.48. The predicted molar refractivity (Wildman–Crippen MR) is 70.2 cm³/mol. The minimum Gasteiger partial charge on any atom is -0.480 e. The van der Waals surface area contributed by atoms with Gasteiger partial charge in [-0.25, -0.2) is 0 Å². The molecular formula is C13H16ClNO3. The summed E-state index contributed by atoms with van der Waals surface area (Å²) in [6.07, 6.45) is 0.990. The van der Waals surface area contributed by atoms with E-state index in [-0.39, 0.29) is 6.54 Å². The number of rotatable bonds is 5. The molecule has 5 heteroatoms. The highest BCUT2D eigenvalue weighted by atomic mass is 35.5. The van der Waals surface area contributed by atoms with Gasteiger partial charge < -0.3 is 14.7 Å². The third-order valence-electron chi connectivity index (χ3n) is 3.02. The summed E-state index contributed by atoms with van der Waals surface area (Å²) >= 11 is 5.84. The van der Waals surface area contributed by atoms with Gasteiger partial charge in [-0.15, -0.1) is 0 Å². The van der Waals surface area contributed by atoms with Crippen LogP contribution in [-0.2, 0) is 9.53 Å². The quantitative estimate of drug-likeness (QED) is 0.891. The first kappa shape index (κ1) is 13.2. The van der Waals surface area contributed by atoms with Crippen LogP contribution in [0.3, 0.4) is 0 Å². The van der Waals surface area contributed by atoms with Crippen LogP contribution >= 0.6 is 11.6 Å². The first-order valence-electron chi connectivity index (χ1n) is 5.95. The number of hydrogen-bond donors (Lipinski definition) is 1. The van der Waals surface area contributed by atoms with Crippen molar-refractivity contribution in [1.82, 2.24) is 0 Å². The highest BCUT2D eigenvalue weighted by Gasteiger charge is 2.20. The number of benzene rings is 1. The van der Waals surface area contributed by atoms with Gasteiger partial charge >= 0.3 is 5.97 Å². The normalized spacial score (nSPS) is 18.8. The molecule has 1 aliphatic heterocycles. The molecule has 1 heterocycles. The molecule has 1 atom stereocenters. The van der Waals surface area contributed by atoms with Gasteiger partial charge in [0.05, 0.1) is 6.61 Å². The van der Waals surface area contributed by atoms with Crippen molar-refractivity contribution in [2.75, 3.05) is 31.2 Å². The van der Waals surface area contributed by atoms with E-state index >= 15 is 0 Å². The number of ether oxygens (including phenoxy) is 1. The number of anilines is 1. The number of nitrogens with zero attached hydrogens (tertiary/aromatic N) is 1. The van der Waals surface area contributed by atoms with Crippen LogP contribution in [0.5, 0.6) is 0 Å². The second kappa shape index (κ2) is 6.07. The Kier molecular flexibility index (Phi) is 4.44. The standard InChI is InChI=1S/C13H16ClNO3/c14-11-1-3-12(4-2-11)15(8-13(16)17)7-10-5-6-18-9-10/h1-4,10H,5-9H2,(H,16,17). The number of carboxylic acids is 1. The molecule has 1 aliphatic rings. The molecule has 0 spiro atoms. The molecule has 0 radical (unpaired) electrons. The average molecular weight is 270 g/mol. The zero-order valence-corrected chi connectivity index (χ0v) is 10.8. The molecule has 0 amide bonds. The van der Waals surface area contributed by atoms with Crippen molar-refractivity contribution in [2.45, 2.75) is 6.42 Å². The molecule has 1 fully saturated rings. The molecule has 0 bridgehead atoms. The first-order valence-corrected chi connectivity index (χ1v) is 6.33. The largest absolute Gasteiger partial charge is 0.480 e. The van der Waals surface area contributed by atoms with E-state index in [0.717, 1.165) is 18.7 Å². The summed E-state index contributed by atoms with van der Waals surface area (Å²) in [5.41, 5.74) is 0.883. The van der Waals surface area contributed by atoms with Gasteiger partial charge in [0, 0.05) is 29.8 Å². The summed E-state index contributed by atoms with van der Waals surface area (Å²) in [7, 11) is 0. The number of carbonyl (C=O) groups is 1. The van der Waals surface area contributed by atoms with Crippen LogP contribution in [0.25, 0.3) is 0 Å². The molecule has 1 aromatic rings. The van der Waals surface area contributed by atoms with E-state index in [2.05, 4.69) is 0 Å². The topological polar surface area (TPSA) is 49.8 Å². The molecule has 0 aromatic heterocycles. The Morgan fingerprint density at radius 3 is 2.72 bits per heavy atom. The third kappa shape index (κ3) is 3.62. The van der Waals surface area contributed by atoms with E-state index in [4.69, 9.17) is 21.4 Å². The number of carboxylic acid groups (broad SMARTS) is 1. The number of aliphatic carboxylic acids is 1. The lowest BCUT2D eigenvalue weighted by atomic mass is 10.1. The van der Waals surface area contributed by atoms with Gasteiger partial charge in [-0.3, -0.25) is 4.79 Å². The lowest BCUT2D eigenvalue weighted by molar-refractivity contribution is -0.135. The van der Waals surface area contributed by atoms with E-state index < -0.39 is 5.97 Å². The van der Waals surface area contributed by atoms with Crippen molar-refractivity contribution in [3.63, 3.8) is 0 Å². The minimum atomic E-state index is -0.830. The monoisotopic (exact) mass is 269 g/mol. The Balaban J connectivity index is 2.07. The van der Waals surface area contributed by atoms with Crippen molar-refractivity contribution in [3.05, 3.63) is 29.3 Å². The van der Waals surface area contributed by atoms with Crippen LogP contribution in [0.4, 0.5) is 5.69 Å². The van der Waals surface area contributed by atoms with Gasteiger partial charge in [0.15, 0.2) is 0 Å². The van der Waals surface area contributed by atoms with Gasteiger partial charge in [-0.1, -0.05) is 11.6 Å². The summed E-state index contributed by atoms with van der Waals surface area (Å²) in [5.74, 6) is -0.427. The van der Waals surface area contributed by atoms with Crippen LogP contribution < -0.4 is 4.90 Å². The Morgan fingerprint density at radius 1 is 1.44 bits per heavy atom. The Bertz CT molecular complexity index is 401. The number of halogens is 1. The molecular weight excluding hydrogens is 254 g/mol. The van der Waals surface area contributed by atoms with Crippen molar-refractivity contribution < 1.29 is 14.6 Å². The molecule has 18 heavy (non-hydrogen) atoms. The Hall–Kier alpha value is -1.26. The summed E-state index contributed by atoms with van der Waals surface area (Å²) in [6, 6.07) is 7.25. The van der Waals surface area contributed by atoms with Crippen molar-refractivity contribution in [3.8, 4) is 0 Å². The minimum absolute atomic E-state index is 0.00185. The van der Waals surface area contributed by atoms with Crippen molar-refractivity contribution in [2.24, 2.45) is 5.92 Å². The molecule has 2 rings (SSSR count). The summed E-state index contributed by atoms with van der Waals surface area (Å²) in [5, 5.41) is 9.63. The Morgan fingerprint density at radius 2 is 2.17 bits per heavy atom. The second-order valence-corrected chi connectivity index (χ2v) is 4.92. The van der Waals surface area contributed by atoms with Gasteiger partial charge in [-0.05, 0) is 30.7 Å². The van der Waals surface area contributed by atoms with E-state index in [1.165, 1.54) is 0 Å². The molecule has 98 valence electrons. The first-order chi connectivity index (χ1) is 8.65. The zero-order valence-electron chi connectivity index (χ0n) is 10.0. The van der Waals surface area contributed by atoms with Gasteiger partial charge in [0.25, 0.3) is 0 Å². The fourth-order valence-electron chi connectivity index (χ4n) is 2.12. The molecule has 1 unspecified atom stereocenters. The molecule has 0 aliphatic carbocycles. The van der Waals surface area contributed by atoms with Crippen molar-refractivity contribution >= 4 is 23.3 Å². The fraction of sp³-hybridized carbons (Fsp3) is 0.462. The lowest BCUT2D eigenvalue weighted by Gasteiger charge is -2.25. The number of hydrogen-bond acceptors (Lipinski definition) is 3. The molecule has 1 aromatic carbocycles. The molecule has 1 N–H and O–H groups in total. The average Bonchev–Trinajstić information content (AvgIpc) is 2.81. The van der Waals surface area contributed by atoms with E-state index in [9.17, 15) is 4.79 Å². The summed E-state index contributed by atoms with van der Waals surface area (Å²) in [6.45, 7) is 2.18. The fourth-order valence-corrected chi connectivity index (χ4v) is 2.24. The van der Waals surface area contributed by atoms with Crippen molar-refractivity contribution in [1.29, 1.82) is 0 Å². The Labute approximate surface area is 111 Å². The SMILES string of the molecule is O=C(O)CN(CC1CCOC1)c1ccc(Cl)cc1. The summed E-state index contributed by atoms with van der Waals surface area (Å²) in [4.78, 5) is 12.8. The molecule has 0 saturated carbocycles. The highest BCUT2D eigenvalue weighted by molar-refractivity contribution is 6.30. The van der Waals surface area contributed by atoms with Crippen LogP contribution in [0, 0.1) is 5.92 Å². The summed E-state index contributed by atoms with van der Waals surface area (Å²) < 4.78 is 5.32. The van der Waals surface area contributed by atoms with Gasteiger partial charge in [0.2, 0.25) is 0 Å². The van der Waals surface area contributed by atoms with Crippen LogP contribution in [0.2, 0.25) is 5.02 Å². The van der Waals surface area contributed by atoms with E-state index in [0.29, 0.717) is 24.1 Å². The lowest BCUT2D eigenvalue weighted by Crippen LogP contribution is -2.34. The van der Waals surface area contributed by atoms with Crippen LogP contribution in [0.1, 0.15) is 6.42 Å². The maximum absolute atomic E-state index is 10.9. The zero-order chi connectivity index (χ0) is 13.0.